The van der Waals surface area contributed by atoms with Crippen LogP contribution in [0, 0.1) is 0 Å². The number of hydrogen-bond acceptors (Lipinski definition) is 20. The number of amides is 10. The molecule has 524 valence electrons. The van der Waals surface area contributed by atoms with Gasteiger partial charge in [0.05, 0.1) is 6.61 Å². The predicted octanol–water partition coefficient (Wildman–Crippen LogP) is -5.34. The first-order valence-corrected chi connectivity index (χ1v) is 31.1. The number of phenols is 1. The number of nitrogens with one attached hydrogen (secondary N) is 9. The summed E-state index contributed by atoms with van der Waals surface area (Å²) >= 11 is 4.20. The predicted molar refractivity (Wildman–Crippen MR) is 340 cm³/mol. The maximum Gasteiger partial charge on any atom is 0.326 e. The standard InChI is InChI=1S/C59H87N15O20S/c1-31(48(83)73-43(30-95)56(91)68-36(11-5-6-24-60)51(86)70-40(20-23-47(81)82)57(92)74-26-8-13-44(74)58(93)94)65-50(85)38(18-21-45(77)78)69-54(89)42(28-33-14-16-34(76)17-15-33)72-55(90)41(27-32-9-3-2-4-10-32)71-52(87)37(12-7-25-64-59(62)63)67-53(88)39(19-22-46(79)80)66-49(84)35(61)29-75/h2-4,9-10,14-17,31,35-44,75-76,95H,5-8,11-13,18-30,60-61H2,1H3,(H,65,85)(H,66,84)(H,67,88)(H,68,91)(H,69,89)(H,70,86)(H,71,87)(H,72,90)(H,73,83)(H,77,78)(H,79,80)(H,81,82)(H,93,94)(H4,62,63,64)/t31-,35-,36-,37-,38-,39-,40-,41-,42-,43-,44-/m0/s1. The van der Waals surface area contributed by atoms with Gasteiger partial charge in [0.25, 0.3) is 0 Å². The van der Waals surface area contributed by atoms with Crippen molar-refractivity contribution >= 4 is 102 Å². The van der Waals surface area contributed by atoms with Crippen LogP contribution in [0.25, 0.3) is 0 Å². The van der Waals surface area contributed by atoms with Crippen LogP contribution in [0.5, 0.6) is 5.75 Å². The molecular weight excluding hydrogens is 1270 g/mol. The Hall–Kier alpha value is -9.68. The zero-order chi connectivity index (χ0) is 70.9. The van der Waals surface area contributed by atoms with Gasteiger partial charge in [-0.25, -0.2) is 4.79 Å². The van der Waals surface area contributed by atoms with E-state index in [2.05, 4.69) is 65.5 Å². The molecule has 95 heavy (non-hydrogen) atoms. The zero-order valence-electron chi connectivity index (χ0n) is 52.2. The summed E-state index contributed by atoms with van der Waals surface area (Å²) in [5, 5.41) is 79.8. The molecule has 1 aliphatic heterocycles. The van der Waals surface area contributed by atoms with Crippen LogP contribution in [0.3, 0.4) is 0 Å². The largest absolute Gasteiger partial charge is 0.508 e. The first kappa shape index (κ1) is 79.6. The molecular formula is C59H87N15O20S. The molecule has 0 saturated carbocycles. The number of carbonyl (C=O) groups excluding carboxylic acids is 10. The Morgan fingerprint density at radius 2 is 0.947 bits per heavy atom. The minimum Gasteiger partial charge on any atom is -0.508 e. The van der Waals surface area contributed by atoms with Crippen LogP contribution < -0.4 is 70.8 Å². The molecule has 1 aliphatic rings. The molecule has 0 spiro atoms. The average molecular weight is 1360 g/mol. The number of aliphatic hydroxyl groups excluding tert-OH is 1. The van der Waals surface area contributed by atoms with Gasteiger partial charge in [0.2, 0.25) is 59.1 Å². The summed E-state index contributed by atoms with van der Waals surface area (Å²) in [4.78, 5) is 191. The van der Waals surface area contributed by atoms with Gasteiger partial charge >= 0.3 is 23.9 Å². The van der Waals surface area contributed by atoms with Crippen molar-refractivity contribution in [1.29, 1.82) is 0 Å². The molecule has 35 nitrogen and oxygen atoms in total. The normalized spacial score (nSPS) is 15.7. The number of thiol groups is 1. The number of guanidine groups is 1. The van der Waals surface area contributed by atoms with Crippen molar-refractivity contribution in [2.75, 3.05) is 32.0 Å². The van der Waals surface area contributed by atoms with Gasteiger partial charge < -0.3 is 106 Å². The highest BCUT2D eigenvalue weighted by molar-refractivity contribution is 7.80. The van der Waals surface area contributed by atoms with Gasteiger partial charge in [-0.3, -0.25) is 67.3 Å². The molecule has 0 unspecified atom stereocenters. The molecule has 1 heterocycles. The molecule has 11 atom stereocenters. The van der Waals surface area contributed by atoms with Gasteiger partial charge in [0.1, 0.15) is 72.2 Å². The van der Waals surface area contributed by atoms with E-state index in [1.807, 2.05) is 0 Å². The summed E-state index contributed by atoms with van der Waals surface area (Å²) in [6, 6.07) is -3.61. The van der Waals surface area contributed by atoms with E-state index in [4.69, 9.17) is 22.9 Å². The highest BCUT2D eigenvalue weighted by Gasteiger charge is 2.40. The number of aromatic hydroxyl groups is 1. The number of carboxylic acids is 4. The summed E-state index contributed by atoms with van der Waals surface area (Å²) in [7, 11) is 0. The van der Waals surface area contributed by atoms with E-state index in [0.717, 1.165) is 4.90 Å². The van der Waals surface area contributed by atoms with Crippen LogP contribution in [0.1, 0.15) is 102 Å². The lowest BCUT2D eigenvalue weighted by Crippen LogP contribution is -2.61. The Labute approximate surface area is 551 Å². The van der Waals surface area contributed by atoms with Crippen LogP contribution in [-0.4, -0.2) is 223 Å². The molecule has 23 N–H and O–H groups in total. The van der Waals surface area contributed by atoms with Gasteiger partial charge in [-0.05, 0) is 101 Å². The van der Waals surface area contributed by atoms with Crippen molar-refractivity contribution < 1.29 is 97.8 Å². The van der Waals surface area contributed by atoms with E-state index in [0.29, 0.717) is 24.0 Å². The second-order valence-corrected chi connectivity index (χ2v) is 22.7. The first-order chi connectivity index (χ1) is 45.0. The minimum atomic E-state index is -1.77. The van der Waals surface area contributed by atoms with Crippen LogP contribution in [-0.2, 0) is 80.0 Å². The number of aliphatic hydroxyl groups is 1. The third-order valence-electron chi connectivity index (χ3n) is 14.8. The first-order valence-electron chi connectivity index (χ1n) is 30.4. The molecule has 1 saturated heterocycles. The number of carboxylic acid groups (broad SMARTS) is 4. The number of unbranched alkanes of at least 4 members (excludes halogenated alkanes) is 1. The minimum absolute atomic E-state index is 0.0155. The van der Waals surface area contributed by atoms with Crippen LogP contribution in [0.4, 0.5) is 0 Å². The fraction of sp³-hybridized carbons (Fsp3) is 0.542. The summed E-state index contributed by atoms with van der Waals surface area (Å²) in [6.45, 7) is 0.457. The highest BCUT2D eigenvalue weighted by Crippen LogP contribution is 2.21. The molecule has 10 amide bonds. The second kappa shape index (κ2) is 41.1. The number of likely N-dealkylation sites (tertiary alicyclic amines) is 1. The topological polar surface area (TPSA) is 588 Å². The van der Waals surface area contributed by atoms with Crippen LogP contribution in [0.2, 0.25) is 0 Å². The fourth-order valence-corrected chi connectivity index (χ4v) is 9.88. The summed E-state index contributed by atoms with van der Waals surface area (Å²) in [5.74, 6) is -16.5. The number of hydrogen-bond donors (Lipinski definition) is 20. The van der Waals surface area contributed by atoms with E-state index >= 15 is 0 Å². The van der Waals surface area contributed by atoms with E-state index in [1.165, 1.54) is 31.2 Å². The Kier molecular flexibility index (Phi) is 34.4. The zero-order valence-corrected chi connectivity index (χ0v) is 53.1. The Bertz CT molecular complexity index is 3020. The summed E-state index contributed by atoms with van der Waals surface area (Å²) in [6.07, 6.45) is -3.44. The van der Waals surface area contributed by atoms with Gasteiger partial charge in [-0.2, -0.15) is 12.6 Å². The van der Waals surface area contributed by atoms with Crippen molar-refractivity contribution in [1.82, 2.24) is 52.8 Å². The number of rotatable bonds is 43. The lowest BCUT2D eigenvalue weighted by atomic mass is 10.0. The lowest BCUT2D eigenvalue weighted by molar-refractivity contribution is -0.150. The van der Waals surface area contributed by atoms with Crippen molar-refractivity contribution in [3.05, 3.63) is 65.7 Å². The SMILES string of the molecule is C[C@H](NC(=O)[C@H](CCC(=O)O)NC(=O)[C@H](Cc1ccc(O)cc1)NC(=O)[C@H](Cc1ccccc1)NC(=O)[C@H](CCCN=C(N)N)NC(=O)[C@H](CCC(=O)O)NC(=O)[C@@H](N)CO)C(=O)N[C@@H](CS)C(=O)N[C@@H](CCCCN)C(=O)N[C@@H](CCC(=O)O)C(=O)N1CCC[C@H]1C(=O)O. The molecule has 2 aromatic carbocycles. The smallest absolute Gasteiger partial charge is 0.326 e. The average Bonchev–Trinajstić information content (AvgIpc) is 1.82. The maximum absolute atomic E-state index is 14.7. The van der Waals surface area contributed by atoms with Gasteiger partial charge in [-0.1, -0.05) is 42.5 Å². The van der Waals surface area contributed by atoms with Crippen LogP contribution >= 0.6 is 12.6 Å². The number of nitrogens with zero attached hydrogens (tertiary/aromatic N) is 2. The van der Waals surface area contributed by atoms with E-state index < -0.39 is 200 Å². The Morgan fingerprint density at radius 1 is 0.537 bits per heavy atom. The van der Waals surface area contributed by atoms with Crippen LogP contribution in [0.15, 0.2) is 59.6 Å². The highest BCUT2D eigenvalue weighted by atomic mass is 32.1. The van der Waals surface area contributed by atoms with Crippen molar-refractivity contribution in [2.24, 2.45) is 27.9 Å². The van der Waals surface area contributed by atoms with Crippen molar-refractivity contribution in [2.45, 2.75) is 170 Å². The molecule has 0 aliphatic carbocycles. The molecule has 1 fully saturated rings. The summed E-state index contributed by atoms with van der Waals surface area (Å²) in [5.41, 5.74) is 23.0. The van der Waals surface area contributed by atoms with Gasteiger partial charge in [0, 0.05) is 50.9 Å². The van der Waals surface area contributed by atoms with Gasteiger partial charge in [-0.15, -0.1) is 0 Å². The van der Waals surface area contributed by atoms with E-state index in [9.17, 15) is 97.8 Å². The third kappa shape index (κ3) is 28.6. The number of nitrogens with two attached hydrogens (primary N) is 4. The molecule has 0 aromatic heterocycles. The van der Waals surface area contributed by atoms with E-state index in [1.54, 1.807) is 30.3 Å². The Balaban J connectivity index is 1.95. The third-order valence-corrected chi connectivity index (χ3v) is 15.2. The fourth-order valence-electron chi connectivity index (χ4n) is 9.62. The molecule has 0 radical (unpaired) electrons. The summed E-state index contributed by atoms with van der Waals surface area (Å²) < 4.78 is 0. The number of aliphatic carboxylic acids is 4. The quantitative estimate of drug-likeness (QED) is 0.0128. The molecule has 3 rings (SSSR count). The van der Waals surface area contributed by atoms with Gasteiger partial charge in [0.15, 0.2) is 5.96 Å². The Morgan fingerprint density at radius 3 is 1.41 bits per heavy atom. The van der Waals surface area contributed by atoms with Crippen molar-refractivity contribution in [3.63, 3.8) is 0 Å². The number of phenolic OH excluding ortho intramolecular Hbond substituents is 1. The molecule has 36 heteroatoms. The number of carbonyl (C=O) groups is 14. The monoisotopic (exact) mass is 1360 g/mol. The van der Waals surface area contributed by atoms with E-state index in [-0.39, 0.29) is 76.3 Å². The molecule has 2 aromatic rings. The van der Waals surface area contributed by atoms with Crippen molar-refractivity contribution in [3.8, 4) is 5.75 Å². The maximum atomic E-state index is 14.7. The molecule has 0 bridgehead atoms. The number of aliphatic imine (C=N–C) groups is 1. The lowest BCUT2D eigenvalue weighted by Gasteiger charge is -2.29. The second-order valence-electron chi connectivity index (χ2n) is 22.3. The number of benzene rings is 2.